The predicted octanol–water partition coefficient (Wildman–Crippen LogP) is 1.58. The number of rotatable bonds is 7. The van der Waals surface area contributed by atoms with Gasteiger partial charge < -0.3 is 20.6 Å². The Morgan fingerprint density at radius 2 is 1.88 bits per heavy atom. The van der Waals surface area contributed by atoms with Crippen molar-refractivity contribution in [1.82, 2.24) is 24.6 Å². The summed E-state index contributed by atoms with van der Waals surface area (Å²) >= 11 is 0. The average molecular weight is 439 g/mol. The number of carbonyl (C=O) groups is 1. The van der Waals surface area contributed by atoms with E-state index in [2.05, 4.69) is 25.7 Å². The van der Waals surface area contributed by atoms with Gasteiger partial charge in [-0.1, -0.05) is 37.3 Å². The molecule has 11 nitrogen and oxygen atoms in total. The second kappa shape index (κ2) is 9.33. The Hall–Kier alpha value is -4.15. The van der Waals surface area contributed by atoms with Crippen LogP contribution < -0.4 is 21.8 Å². The van der Waals surface area contributed by atoms with Crippen molar-refractivity contribution in [2.24, 2.45) is 7.05 Å². The second-order valence-electron chi connectivity index (χ2n) is 7.32. The van der Waals surface area contributed by atoms with E-state index in [9.17, 15) is 19.5 Å². The number of hydrogen-bond donors (Lipinski definition) is 4. The minimum Gasteiger partial charge on any atom is -0.503 e. The maximum absolute atomic E-state index is 12.9. The highest BCUT2D eigenvalue weighted by Gasteiger charge is 2.23. The van der Waals surface area contributed by atoms with Gasteiger partial charge in [-0.2, -0.15) is 0 Å². The molecule has 4 N–H and O–H groups in total. The molecule has 0 aliphatic carbocycles. The van der Waals surface area contributed by atoms with E-state index in [0.29, 0.717) is 6.42 Å². The van der Waals surface area contributed by atoms with Crippen molar-refractivity contribution in [3.8, 4) is 5.75 Å². The summed E-state index contributed by atoms with van der Waals surface area (Å²) in [5, 5.41) is 18.9. The topological polar surface area (TPSA) is 145 Å². The lowest BCUT2D eigenvalue weighted by atomic mass is 10.0. The monoisotopic (exact) mass is 439 g/mol. The third kappa shape index (κ3) is 4.46. The highest BCUT2D eigenvalue weighted by molar-refractivity contribution is 5.96. The number of nitrogens with zero attached hydrogens (tertiary/aromatic N) is 4. The molecule has 1 atom stereocenters. The summed E-state index contributed by atoms with van der Waals surface area (Å²) in [6, 6.07) is 9.23. The van der Waals surface area contributed by atoms with Crippen molar-refractivity contribution >= 4 is 23.1 Å². The number of aromatic nitrogens is 4. The first kappa shape index (κ1) is 22.5. The molecule has 168 valence electrons. The van der Waals surface area contributed by atoms with Crippen molar-refractivity contribution in [3.63, 3.8) is 0 Å². The number of amides is 1. The molecule has 3 aromatic rings. The minimum atomic E-state index is -0.562. The fourth-order valence-corrected chi connectivity index (χ4v) is 3.14. The van der Waals surface area contributed by atoms with Gasteiger partial charge in [-0.25, -0.2) is 9.97 Å². The highest BCUT2D eigenvalue weighted by atomic mass is 16.3. The van der Waals surface area contributed by atoms with Crippen LogP contribution in [0, 0.1) is 0 Å². The summed E-state index contributed by atoms with van der Waals surface area (Å²) in [5.74, 6) is -1.25. The number of aromatic amines is 1. The zero-order valence-electron chi connectivity index (χ0n) is 18.2. The Morgan fingerprint density at radius 3 is 2.50 bits per heavy atom. The van der Waals surface area contributed by atoms with Gasteiger partial charge >= 0.3 is 0 Å². The van der Waals surface area contributed by atoms with Gasteiger partial charge in [0.15, 0.2) is 17.3 Å². The molecule has 0 aliphatic rings. The Bertz CT molecular complexity index is 1240. The lowest BCUT2D eigenvalue weighted by Gasteiger charge is -2.21. The van der Waals surface area contributed by atoms with Crippen LogP contribution in [0.15, 0.2) is 46.2 Å². The summed E-state index contributed by atoms with van der Waals surface area (Å²) < 4.78 is 1.02. The Labute approximate surface area is 183 Å². The molecule has 0 radical (unpaired) electrons. The van der Waals surface area contributed by atoms with E-state index in [1.165, 1.54) is 26.0 Å². The number of hydrogen-bond acceptors (Lipinski definition) is 8. The van der Waals surface area contributed by atoms with Crippen LogP contribution in [-0.2, 0) is 7.05 Å². The maximum atomic E-state index is 12.9. The van der Waals surface area contributed by atoms with Crippen LogP contribution in [0.3, 0.4) is 0 Å². The number of nitrogens with one attached hydrogen (secondary N) is 3. The summed E-state index contributed by atoms with van der Waals surface area (Å²) in [5.41, 5.74) is -0.537. The van der Waals surface area contributed by atoms with Crippen molar-refractivity contribution in [1.29, 1.82) is 0 Å². The standard InChI is InChI=1S/C21H25N7O4/c1-5-13(12-9-7-6-8-10-12)24-14-15(21(32)28(4)26-19(14)30)25-18-17(29)16(22-11-23-18)20(31)27(2)3/h6-11,13,24,29H,5H2,1-4H3,(H,26,30)(H,22,23,25)/t13-/m1/s1. The molecule has 2 heterocycles. The highest BCUT2D eigenvalue weighted by Crippen LogP contribution is 2.29. The lowest BCUT2D eigenvalue weighted by Crippen LogP contribution is -2.32. The molecule has 0 fully saturated rings. The number of carbonyl (C=O) groups excluding carboxylic acids is 1. The first-order valence-corrected chi connectivity index (χ1v) is 9.92. The number of H-pyrrole nitrogens is 1. The van der Waals surface area contributed by atoms with E-state index in [4.69, 9.17) is 0 Å². The van der Waals surface area contributed by atoms with Crippen LogP contribution in [0.2, 0.25) is 0 Å². The Balaban J connectivity index is 2.08. The summed E-state index contributed by atoms with van der Waals surface area (Å²) in [6.45, 7) is 1.95. The van der Waals surface area contributed by atoms with E-state index in [0.717, 1.165) is 16.6 Å². The Morgan fingerprint density at radius 1 is 1.19 bits per heavy atom. The van der Waals surface area contributed by atoms with Gasteiger partial charge in [0.25, 0.3) is 17.0 Å². The van der Waals surface area contributed by atoms with Gasteiger partial charge in [0.1, 0.15) is 17.7 Å². The van der Waals surface area contributed by atoms with E-state index in [1.807, 2.05) is 37.3 Å². The van der Waals surface area contributed by atoms with Gasteiger partial charge in [-0.15, -0.1) is 0 Å². The third-order valence-electron chi connectivity index (χ3n) is 4.87. The molecule has 11 heteroatoms. The Kier molecular flexibility index (Phi) is 6.57. The summed E-state index contributed by atoms with van der Waals surface area (Å²) in [7, 11) is 4.42. The fraction of sp³-hybridized carbons (Fsp3) is 0.286. The largest absolute Gasteiger partial charge is 0.503 e. The van der Waals surface area contributed by atoms with Gasteiger partial charge in [0.05, 0.1) is 6.04 Å². The zero-order valence-corrected chi connectivity index (χ0v) is 18.2. The van der Waals surface area contributed by atoms with Crippen molar-refractivity contribution < 1.29 is 9.90 Å². The molecule has 0 aliphatic heterocycles. The molecule has 32 heavy (non-hydrogen) atoms. The minimum absolute atomic E-state index is 0.0118. The summed E-state index contributed by atoms with van der Waals surface area (Å²) in [6.07, 6.45) is 1.72. The lowest BCUT2D eigenvalue weighted by molar-refractivity contribution is 0.0818. The van der Waals surface area contributed by atoms with E-state index < -0.39 is 22.8 Å². The van der Waals surface area contributed by atoms with Crippen LogP contribution in [-0.4, -0.2) is 49.8 Å². The average Bonchev–Trinajstić information content (AvgIpc) is 2.78. The third-order valence-corrected chi connectivity index (χ3v) is 4.87. The SMILES string of the molecule is CC[C@@H](Nc1c(Nc2ncnc(C(=O)N(C)C)c2O)c(=O)n(C)[nH]c1=O)c1ccccc1. The molecule has 1 amide bonds. The molecule has 0 spiro atoms. The van der Waals surface area contributed by atoms with Crippen molar-refractivity contribution in [3.05, 3.63) is 68.6 Å². The van der Waals surface area contributed by atoms with Crippen LogP contribution in [0.4, 0.5) is 17.2 Å². The molecule has 3 rings (SSSR count). The molecule has 0 bridgehead atoms. The van der Waals surface area contributed by atoms with Crippen molar-refractivity contribution in [2.45, 2.75) is 19.4 Å². The van der Waals surface area contributed by atoms with E-state index in [1.54, 1.807) is 0 Å². The predicted molar refractivity (Wildman–Crippen MR) is 120 cm³/mol. The first-order chi connectivity index (χ1) is 15.2. The van der Waals surface area contributed by atoms with Crippen molar-refractivity contribution in [2.75, 3.05) is 24.7 Å². The van der Waals surface area contributed by atoms with E-state index >= 15 is 0 Å². The molecule has 0 saturated carbocycles. The smallest absolute Gasteiger partial charge is 0.290 e. The molecular formula is C21H25N7O4. The van der Waals surface area contributed by atoms with Gasteiger partial charge in [0, 0.05) is 21.1 Å². The summed E-state index contributed by atoms with van der Waals surface area (Å²) in [4.78, 5) is 46.9. The number of aryl methyl sites for hydroxylation is 1. The zero-order chi connectivity index (χ0) is 23.4. The van der Waals surface area contributed by atoms with Crippen LogP contribution in [0.5, 0.6) is 5.75 Å². The fourth-order valence-electron chi connectivity index (χ4n) is 3.14. The molecule has 0 saturated heterocycles. The molecular weight excluding hydrogens is 414 g/mol. The number of anilines is 3. The second-order valence-corrected chi connectivity index (χ2v) is 7.32. The first-order valence-electron chi connectivity index (χ1n) is 9.92. The number of aromatic hydroxyl groups is 1. The maximum Gasteiger partial charge on any atom is 0.290 e. The molecule has 1 aromatic carbocycles. The van der Waals surface area contributed by atoms with Gasteiger partial charge in [-0.05, 0) is 12.0 Å². The van der Waals surface area contributed by atoms with Crippen LogP contribution in [0.25, 0.3) is 0 Å². The van der Waals surface area contributed by atoms with Crippen LogP contribution >= 0.6 is 0 Å². The van der Waals surface area contributed by atoms with Gasteiger partial charge in [0.2, 0.25) is 0 Å². The quantitative estimate of drug-likeness (QED) is 0.434. The van der Waals surface area contributed by atoms with Gasteiger partial charge in [-0.3, -0.25) is 24.2 Å². The molecule has 2 aromatic heterocycles. The van der Waals surface area contributed by atoms with E-state index in [-0.39, 0.29) is 28.9 Å². The normalized spacial score (nSPS) is 11.6. The number of benzene rings is 1. The van der Waals surface area contributed by atoms with Crippen LogP contribution in [0.1, 0.15) is 35.4 Å². The molecule has 0 unspecified atom stereocenters.